The third kappa shape index (κ3) is 3.75. The Balaban J connectivity index is 1.22. The minimum absolute atomic E-state index is 0.0849. The van der Waals surface area contributed by atoms with Gasteiger partial charge in [0.2, 0.25) is 0 Å². The van der Waals surface area contributed by atoms with E-state index in [-0.39, 0.29) is 24.4 Å². The van der Waals surface area contributed by atoms with Crippen molar-refractivity contribution in [3.8, 4) is 11.5 Å². The smallest absolute Gasteiger partial charge is 0.127 e. The second-order valence-electron chi connectivity index (χ2n) is 15.6. The molecule has 0 spiro atoms. The molecule has 8 aliphatic carbocycles. The highest BCUT2D eigenvalue weighted by molar-refractivity contribution is 5.55. The van der Waals surface area contributed by atoms with E-state index in [2.05, 4.69) is 26.0 Å². The zero-order valence-electron chi connectivity index (χ0n) is 23.5. The number of epoxide rings is 2. The van der Waals surface area contributed by atoms with Crippen LogP contribution >= 0.6 is 0 Å². The molecule has 206 valence electrons. The maximum absolute atomic E-state index is 7.02. The SMILES string of the molecule is CC(Oc1cc(OC(C)C2CO2)c(C23CC4CC(CC(C4)C2)C3)c(C23CC4CC(CC(C4)C2)C3)c1)C1CO1. The highest BCUT2D eigenvalue weighted by Crippen LogP contribution is 2.67. The Morgan fingerprint density at radius 3 is 1.50 bits per heavy atom. The van der Waals surface area contributed by atoms with Gasteiger partial charge in [-0.05, 0) is 143 Å². The molecule has 2 heterocycles. The third-order valence-electron chi connectivity index (χ3n) is 12.7. The lowest BCUT2D eigenvalue weighted by Crippen LogP contribution is -2.52. The van der Waals surface area contributed by atoms with E-state index in [4.69, 9.17) is 18.9 Å². The number of rotatable bonds is 8. The second kappa shape index (κ2) is 8.15. The summed E-state index contributed by atoms with van der Waals surface area (Å²) in [6, 6.07) is 4.85. The largest absolute Gasteiger partial charge is 0.488 e. The molecular weight excluding hydrogens is 472 g/mol. The molecule has 0 amide bonds. The summed E-state index contributed by atoms with van der Waals surface area (Å²) in [7, 11) is 0. The predicted molar refractivity (Wildman–Crippen MR) is 146 cm³/mol. The molecule has 2 aliphatic heterocycles. The summed E-state index contributed by atoms with van der Waals surface area (Å²) in [4.78, 5) is 0. The molecule has 0 radical (unpaired) electrons. The number of hydrogen-bond acceptors (Lipinski definition) is 4. The lowest BCUT2D eigenvalue weighted by molar-refractivity contribution is -0.0190. The minimum Gasteiger partial charge on any atom is -0.488 e. The van der Waals surface area contributed by atoms with Crippen LogP contribution < -0.4 is 9.47 Å². The Morgan fingerprint density at radius 2 is 1.05 bits per heavy atom. The van der Waals surface area contributed by atoms with Crippen LogP contribution in [0.3, 0.4) is 0 Å². The van der Waals surface area contributed by atoms with E-state index in [9.17, 15) is 0 Å². The highest BCUT2D eigenvalue weighted by atomic mass is 16.6. The molecular formula is C34H46O4. The fourth-order valence-corrected chi connectivity index (χ4v) is 11.8. The third-order valence-corrected chi connectivity index (χ3v) is 12.7. The van der Waals surface area contributed by atoms with E-state index in [1.165, 1.54) is 77.0 Å². The van der Waals surface area contributed by atoms with Crippen molar-refractivity contribution in [2.45, 2.75) is 126 Å². The van der Waals surface area contributed by atoms with E-state index < -0.39 is 0 Å². The first-order valence-electron chi connectivity index (χ1n) is 16.2. The van der Waals surface area contributed by atoms with Gasteiger partial charge in [-0.3, -0.25) is 0 Å². The lowest BCUT2D eigenvalue weighted by Gasteiger charge is -2.61. The zero-order valence-corrected chi connectivity index (χ0v) is 23.5. The van der Waals surface area contributed by atoms with E-state index in [1.54, 1.807) is 11.1 Å². The van der Waals surface area contributed by atoms with Gasteiger partial charge < -0.3 is 18.9 Å². The van der Waals surface area contributed by atoms with Gasteiger partial charge in [0, 0.05) is 17.0 Å². The van der Waals surface area contributed by atoms with Crippen LogP contribution in [0.15, 0.2) is 12.1 Å². The van der Waals surface area contributed by atoms with Gasteiger partial charge in [-0.25, -0.2) is 0 Å². The maximum Gasteiger partial charge on any atom is 0.127 e. The van der Waals surface area contributed by atoms with Gasteiger partial charge in [0.15, 0.2) is 0 Å². The minimum atomic E-state index is 0.0849. The average molecular weight is 519 g/mol. The molecule has 0 N–H and O–H groups in total. The predicted octanol–water partition coefficient (Wildman–Crippen LogP) is 6.95. The molecule has 0 aromatic heterocycles. The Bertz CT molecular complexity index is 1050. The van der Waals surface area contributed by atoms with Crippen LogP contribution in [0.5, 0.6) is 11.5 Å². The zero-order chi connectivity index (χ0) is 25.2. The standard InChI is InChI=1S/C34H46O4/c1-19(30-17-35-30)37-27-9-28(33-11-21-3-22(12-33)5-23(4-21)13-33)32(29(10-27)38-20(2)31-18-36-31)34-14-24-6-25(15-34)8-26(7-24)16-34/h9-10,19-26,30-31H,3-8,11-18H2,1-2H3. The van der Waals surface area contributed by atoms with Crippen molar-refractivity contribution in [3.05, 3.63) is 23.3 Å². The Kier molecular flexibility index (Phi) is 5.03. The summed E-state index contributed by atoms with van der Waals surface area (Å²) in [6.45, 7) is 6.06. The highest BCUT2D eigenvalue weighted by Gasteiger charge is 2.58. The average Bonchev–Trinajstić information content (AvgIpc) is 3.75. The quantitative estimate of drug-likeness (QED) is 0.349. The monoisotopic (exact) mass is 518 g/mol. The molecule has 4 nitrogen and oxygen atoms in total. The van der Waals surface area contributed by atoms with Gasteiger partial charge >= 0.3 is 0 Å². The summed E-state index contributed by atoms with van der Waals surface area (Å²) in [6.07, 6.45) is 17.9. The molecule has 8 bridgehead atoms. The van der Waals surface area contributed by atoms with Gasteiger partial charge in [-0.1, -0.05) is 0 Å². The summed E-state index contributed by atoms with van der Waals surface area (Å²) in [5.41, 5.74) is 3.94. The topological polar surface area (TPSA) is 43.5 Å². The van der Waals surface area contributed by atoms with Crippen LogP contribution in [-0.2, 0) is 20.3 Å². The molecule has 2 saturated heterocycles. The Morgan fingerprint density at radius 1 is 0.632 bits per heavy atom. The first kappa shape index (κ1) is 23.4. The normalized spacial score (nSPS) is 48.7. The molecule has 1 aromatic carbocycles. The van der Waals surface area contributed by atoms with Gasteiger partial charge in [0.25, 0.3) is 0 Å². The fraction of sp³-hybridized carbons (Fsp3) is 0.824. The van der Waals surface area contributed by atoms with Crippen molar-refractivity contribution in [3.63, 3.8) is 0 Å². The van der Waals surface area contributed by atoms with Crippen molar-refractivity contribution in [2.75, 3.05) is 13.2 Å². The van der Waals surface area contributed by atoms with Crippen molar-refractivity contribution in [2.24, 2.45) is 35.5 Å². The Hall–Kier alpha value is -1.26. The van der Waals surface area contributed by atoms with Crippen LogP contribution in [0.25, 0.3) is 0 Å². The van der Waals surface area contributed by atoms with Gasteiger partial charge in [-0.2, -0.15) is 0 Å². The van der Waals surface area contributed by atoms with Crippen LogP contribution in [0.4, 0.5) is 0 Å². The summed E-state index contributed by atoms with van der Waals surface area (Å²) >= 11 is 0. The first-order valence-corrected chi connectivity index (χ1v) is 16.2. The summed E-state index contributed by atoms with van der Waals surface area (Å²) in [5, 5.41) is 0. The molecule has 4 atom stereocenters. The number of benzene rings is 1. The van der Waals surface area contributed by atoms with Crippen LogP contribution in [0.2, 0.25) is 0 Å². The molecule has 38 heavy (non-hydrogen) atoms. The first-order chi connectivity index (χ1) is 18.4. The van der Waals surface area contributed by atoms with Crippen LogP contribution in [-0.4, -0.2) is 37.6 Å². The molecule has 4 unspecified atom stereocenters. The molecule has 11 rings (SSSR count). The van der Waals surface area contributed by atoms with Crippen molar-refractivity contribution in [1.82, 2.24) is 0 Å². The van der Waals surface area contributed by atoms with Crippen molar-refractivity contribution >= 4 is 0 Å². The summed E-state index contributed by atoms with van der Waals surface area (Å²) in [5.74, 6) is 7.72. The van der Waals surface area contributed by atoms with Gasteiger partial charge in [0.1, 0.15) is 35.9 Å². The molecule has 10 fully saturated rings. The van der Waals surface area contributed by atoms with E-state index in [0.717, 1.165) is 60.2 Å². The number of ether oxygens (including phenoxy) is 4. The second-order valence-corrected chi connectivity index (χ2v) is 15.6. The van der Waals surface area contributed by atoms with E-state index >= 15 is 0 Å². The summed E-state index contributed by atoms with van der Waals surface area (Å²) < 4.78 is 25.1. The van der Waals surface area contributed by atoms with Crippen molar-refractivity contribution in [1.29, 1.82) is 0 Å². The van der Waals surface area contributed by atoms with E-state index in [1.807, 2.05) is 0 Å². The van der Waals surface area contributed by atoms with Crippen LogP contribution in [0, 0.1) is 35.5 Å². The van der Waals surface area contributed by atoms with Crippen molar-refractivity contribution < 1.29 is 18.9 Å². The maximum atomic E-state index is 7.02. The van der Waals surface area contributed by atoms with Gasteiger partial charge in [-0.15, -0.1) is 0 Å². The van der Waals surface area contributed by atoms with Gasteiger partial charge in [0.05, 0.1) is 13.2 Å². The molecule has 1 aromatic rings. The molecule has 4 heteroatoms. The molecule has 10 aliphatic rings. The molecule has 8 saturated carbocycles. The number of hydrogen-bond donors (Lipinski definition) is 0. The fourth-order valence-electron chi connectivity index (χ4n) is 11.8. The lowest BCUT2D eigenvalue weighted by atomic mass is 9.44. The van der Waals surface area contributed by atoms with E-state index in [0.29, 0.717) is 10.8 Å². The Labute approximate surface area is 228 Å². The van der Waals surface area contributed by atoms with Crippen LogP contribution in [0.1, 0.15) is 102 Å².